The molecule has 3 heterocycles. The van der Waals surface area contributed by atoms with E-state index < -0.39 is 10.0 Å². The fraction of sp³-hybridized carbons (Fsp3) is 0.667. The van der Waals surface area contributed by atoms with E-state index in [4.69, 9.17) is 4.52 Å². The maximum absolute atomic E-state index is 13.2. The van der Waals surface area contributed by atoms with Crippen molar-refractivity contribution in [1.82, 2.24) is 29.1 Å². The summed E-state index contributed by atoms with van der Waals surface area (Å²) in [5.74, 6) is 0.983. The Balaban J connectivity index is 1.94. The Morgan fingerprint density at radius 1 is 1.24 bits per heavy atom. The highest BCUT2D eigenvalue weighted by molar-refractivity contribution is 7.89. The van der Waals surface area contributed by atoms with Gasteiger partial charge in [-0.25, -0.2) is 8.42 Å². The van der Waals surface area contributed by atoms with Gasteiger partial charge >= 0.3 is 0 Å². The minimum absolute atomic E-state index is 0.258. The number of likely N-dealkylation sites (N-methyl/N-ethyl adjacent to an activating group) is 1. The molecular weight excluding hydrogens is 344 g/mol. The van der Waals surface area contributed by atoms with Crippen molar-refractivity contribution < 1.29 is 12.9 Å². The summed E-state index contributed by atoms with van der Waals surface area (Å²) in [4.78, 5) is 6.61. The first-order valence-electron chi connectivity index (χ1n) is 8.30. The van der Waals surface area contributed by atoms with Gasteiger partial charge in [0.15, 0.2) is 5.82 Å². The Labute approximate surface area is 147 Å². The van der Waals surface area contributed by atoms with Gasteiger partial charge in [-0.15, -0.1) is 0 Å². The molecule has 25 heavy (non-hydrogen) atoms. The van der Waals surface area contributed by atoms with E-state index in [1.807, 2.05) is 18.9 Å². The molecule has 10 heteroatoms. The lowest BCUT2D eigenvalue weighted by atomic mass is 10.2. The first-order chi connectivity index (χ1) is 11.8. The van der Waals surface area contributed by atoms with Gasteiger partial charge in [-0.1, -0.05) is 5.16 Å². The fourth-order valence-corrected chi connectivity index (χ4v) is 5.08. The average molecular weight is 368 g/mol. The van der Waals surface area contributed by atoms with Crippen molar-refractivity contribution in [2.45, 2.75) is 45.2 Å². The molecule has 9 nitrogen and oxygen atoms in total. The van der Waals surface area contributed by atoms with Gasteiger partial charge in [-0.05, 0) is 34.7 Å². The molecule has 0 amide bonds. The molecule has 1 aliphatic rings. The third kappa shape index (κ3) is 3.09. The fourth-order valence-electron chi connectivity index (χ4n) is 3.27. The van der Waals surface area contributed by atoms with Gasteiger partial charge in [0.2, 0.25) is 15.9 Å². The summed E-state index contributed by atoms with van der Waals surface area (Å²) in [6.45, 7) is 9.14. The molecule has 3 rings (SSSR count). The minimum Gasteiger partial charge on any atom is -0.338 e. The molecule has 1 fully saturated rings. The van der Waals surface area contributed by atoms with Gasteiger partial charge in [-0.2, -0.15) is 14.4 Å². The van der Waals surface area contributed by atoms with Crippen LogP contribution in [0.25, 0.3) is 0 Å². The van der Waals surface area contributed by atoms with E-state index in [-0.39, 0.29) is 12.6 Å². The molecule has 0 saturated carbocycles. The molecule has 2 aromatic heterocycles. The molecule has 2 aromatic rings. The van der Waals surface area contributed by atoms with Crippen LogP contribution in [0.4, 0.5) is 0 Å². The third-order valence-corrected chi connectivity index (χ3v) is 6.77. The second kappa shape index (κ2) is 6.50. The van der Waals surface area contributed by atoms with Crippen LogP contribution in [0.5, 0.6) is 0 Å². The number of piperazine rings is 1. The summed E-state index contributed by atoms with van der Waals surface area (Å²) in [6, 6.07) is -0.258. The molecular formula is C15H24N6O3S. The van der Waals surface area contributed by atoms with Crippen LogP contribution in [0.3, 0.4) is 0 Å². The van der Waals surface area contributed by atoms with Crippen molar-refractivity contribution in [3.8, 4) is 0 Å². The molecule has 138 valence electrons. The number of hydrogen-bond acceptors (Lipinski definition) is 7. The molecule has 0 N–H and O–H groups in total. The summed E-state index contributed by atoms with van der Waals surface area (Å²) in [5.41, 5.74) is 1.20. The highest BCUT2D eigenvalue weighted by Gasteiger charge is 2.38. The van der Waals surface area contributed by atoms with Gasteiger partial charge in [0.1, 0.15) is 10.9 Å². The summed E-state index contributed by atoms with van der Waals surface area (Å²) >= 11 is 0. The second-order valence-corrected chi connectivity index (χ2v) is 8.23. The van der Waals surface area contributed by atoms with E-state index in [1.54, 1.807) is 25.5 Å². The van der Waals surface area contributed by atoms with Gasteiger partial charge in [-0.3, -0.25) is 9.58 Å². The monoisotopic (exact) mass is 368 g/mol. The first kappa shape index (κ1) is 18.0. The summed E-state index contributed by atoms with van der Waals surface area (Å²) < 4.78 is 35.0. The van der Waals surface area contributed by atoms with Crippen molar-refractivity contribution in [3.63, 3.8) is 0 Å². The van der Waals surface area contributed by atoms with Crippen molar-refractivity contribution in [1.29, 1.82) is 0 Å². The summed E-state index contributed by atoms with van der Waals surface area (Å²) in [5, 5.41) is 8.17. The molecule has 1 unspecified atom stereocenters. The number of nitrogens with zero attached hydrogens (tertiary/aromatic N) is 6. The van der Waals surface area contributed by atoms with E-state index in [1.165, 1.54) is 4.31 Å². The minimum atomic E-state index is -3.64. The molecule has 0 radical (unpaired) electrons. The van der Waals surface area contributed by atoms with E-state index >= 15 is 0 Å². The van der Waals surface area contributed by atoms with Crippen LogP contribution in [0.1, 0.15) is 36.1 Å². The lowest BCUT2D eigenvalue weighted by Gasteiger charge is -2.36. The SMILES string of the molecule is CCn1nc(C)c(S(=O)(=O)N2CCN(C)C(c3nc(C)no3)C2)c1C. The highest BCUT2D eigenvalue weighted by atomic mass is 32.2. The molecule has 0 aromatic carbocycles. The Bertz CT molecular complexity index is 872. The molecule has 1 aliphatic heterocycles. The van der Waals surface area contributed by atoms with Crippen molar-refractivity contribution in [3.05, 3.63) is 23.1 Å². The Morgan fingerprint density at radius 3 is 2.52 bits per heavy atom. The van der Waals surface area contributed by atoms with Crippen LogP contribution < -0.4 is 0 Å². The number of aromatic nitrogens is 4. The maximum atomic E-state index is 13.2. The Hall–Kier alpha value is -1.78. The number of aryl methyl sites for hydroxylation is 3. The second-order valence-electron chi connectivity index (χ2n) is 6.35. The molecule has 1 saturated heterocycles. The highest BCUT2D eigenvalue weighted by Crippen LogP contribution is 2.29. The number of hydrogen-bond donors (Lipinski definition) is 0. The van der Waals surface area contributed by atoms with Crippen LogP contribution >= 0.6 is 0 Å². The van der Waals surface area contributed by atoms with Crippen LogP contribution in [-0.4, -0.2) is 64.2 Å². The van der Waals surface area contributed by atoms with Crippen molar-refractivity contribution in [2.24, 2.45) is 0 Å². The third-order valence-electron chi connectivity index (χ3n) is 4.65. The van der Waals surface area contributed by atoms with E-state index in [0.717, 1.165) is 0 Å². The zero-order valence-corrected chi connectivity index (χ0v) is 16.0. The molecule has 0 aliphatic carbocycles. The Kier molecular flexibility index (Phi) is 4.69. The van der Waals surface area contributed by atoms with Crippen molar-refractivity contribution >= 4 is 10.0 Å². The van der Waals surface area contributed by atoms with Crippen molar-refractivity contribution in [2.75, 3.05) is 26.7 Å². The Morgan fingerprint density at radius 2 is 1.96 bits per heavy atom. The van der Waals surface area contributed by atoms with Crippen LogP contribution in [0.2, 0.25) is 0 Å². The lowest BCUT2D eigenvalue weighted by Crippen LogP contribution is -2.49. The van der Waals surface area contributed by atoms with Gasteiger partial charge in [0.05, 0.1) is 11.4 Å². The van der Waals surface area contributed by atoms with Gasteiger partial charge in [0, 0.05) is 26.2 Å². The lowest BCUT2D eigenvalue weighted by molar-refractivity contribution is 0.120. The molecule has 0 bridgehead atoms. The van der Waals surface area contributed by atoms with Crippen LogP contribution in [-0.2, 0) is 16.6 Å². The molecule has 0 spiro atoms. The summed E-state index contributed by atoms with van der Waals surface area (Å²) in [7, 11) is -1.71. The smallest absolute Gasteiger partial charge is 0.246 e. The average Bonchev–Trinajstić information content (AvgIpc) is 3.10. The number of rotatable bonds is 4. The van der Waals surface area contributed by atoms with E-state index in [9.17, 15) is 8.42 Å². The van der Waals surface area contributed by atoms with Crippen LogP contribution in [0.15, 0.2) is 9.42 Å². The van der Waals surface area contributed by atoms with Crippen LogP contribution in [0, 0.1) is 20.8 Å². The zero-order chi connectivity index (χ0) is 18.4. The largest absolute Gasteiger partial charge is 0.338 e. The maximum Gasteiger partial charge on any atom is 0.246 e. The molecule has 1 atom stereocenters. The standard InChI is InChI=1S/C15H24N6O3S/c1-6-21-11(3)14(10(2)17-21)25(22,23)20-8-7-19(5)13(9-20)15-16-12(4)18-24-15/h13H,6-9H2,1-5H3. The van der Waals surface area contributed by atoms with Gasteiger partial charge in [0.25, 0.3) is 0 Å². The zero-order valence-electron chi connectivity index (χ0n) is 15.2. The predicted octanol–water partition coefficient (Wildman–Crippen LogP) is 0.889. The quantitative estimate of drug-likeness (QED) is 0.790. The number of sulfonamides is 1. The summed E-state index contributed by atoms with van der Waals surface area (Å²) in [6.07, 6.45) is 0. The normalized spacial score (nSPS) is 20.3. The van der Waals surface area contributed by atoms with Gasteiger partial charge < -0.3 is 4.52 Å². The predicted molar refractivity (Wildman–Crippen MR) is 90.5 cm³/mol. The first-order valence-corrected chi connectivity index (χ1v) is 9.74. The van der Waals surface area contributed by atoms with E-state index in [2.05, 4.69) is 15.2 Å². The van der Waals surface area contributed by atoms with E-state index in [0.29, 0.717) is 47.6 Å². The topological polar surface area (TPSA) is 97.4 Å².